The Morgan fingerprint density at radius 1 is 1.05 bits per heavy atom. The van der Waals surface area contributed by atoms with Crippen LogP contribution in [0.15, 0.2) is 42.0 Å². The van der Waals surface area contributed by atoms with Crippen molar-refractivity contribution in [1.82, 2.24) is 0 Å². The smallest absolute Gasteiger partial charge is 0.134 e. The van der Waals surface area contributed by atoms with Crippen LogP contribution in [0, 0.1) is 28.1 Å². The highest BCUT2D eigenvalue weighted by Gasteiger charge is 2.36. The molecule has 0 radical (unpaired) electrons. The van der Waals surface area contributed by atoms with Crippen LogP contribution in [0.5, 0.6) is 0 Å². The molecule has 2 heteroatoms. The largest absolute Gasteiger partial charge is 0.192 e. The molecule has 0 spiro atoms. The van der Waals surface area contributed by atoms with E-state index in [0.29, 0.717) is 0 Å². The molecular weight excluding hydrogens is 244 g/mol. The first kappa shape index (κ1) is 12.5. The van der Waals surface area contributed by atoms with Gasteiger partial charge in [0.05, 0.1) is 0 Å². The summed E-state index contributed by atoms with van der Waals surface area (Å²) in [5.41, 5.74) is 3.26. The van der Waals surface area contributed by atoms with Crippen LogP contribution in [0.25, 0.3) is 16.3 Å². The van der Waals surface area contributed by atoms with Gasteiger partial charge in [-0.2, -0.15) is 10.5 Å². The van der Waals surface area contributed by atoms with E-state index in [-0.39, 0.29) is 11.0 Å². The predicted octanol–water partition coefficient (Wildman–Crippen LogP) is 4.22. The molecule has 20 heavy (non-hydrogen) atoms. The van der Waals surface area contributed by atoms with Crippen molar-refractivity contribution in [3.63, 3.8) is 0 Å². The van der Waals surface area contributed by atoms with Gasteiger partial charge in [-0.1, -0.05) is 44.2 Å². The monoisotopic (exact) mass is 258 g/mol. The van der Waals surface area contributed by atoms with E-state index in [1.54, 1.807) is 0 Å². The van der Waals surface area contributed by atoms with Gasteiger partial charge in [0.1, 0.15) is 17.7 Å². The maximum Gasteiger partial charge on any atom is 0.134 e. The topological polar surface area (TPSA) is 47.6 Å². The highest BCUT2D eigenvalue weighted by atomic mass is 14.4. The van der Waals surface area contributed by atoms with Crippen molar-refractivity contribution in [3.05, 3.63) is 53.1 Å². The molecular formula is C18H14N2. The molecule has 0 atom stereocenters. The molecule has 2 nitrogen and oxygen atoms in total. The van der Waals surface area contributed by atoms with E-state index < -0.39 is 0 Å². The molecule has 1 aliphatic rings. The van der Waals surface area contributed by atoms with Gasteiger partial charge in [-0.25, -0.2) is 0 Å². The Bertz CT molecular complexity index is 811. The Balaban J connectivity index is 2.38. The highest BCUT2D eigenvalue weighted by molar-refractivity contribution is 5.92. The normalized spacial score (nSPS) is 15.5. The van der Waals surface area contributed by atoms with Crippen molar-refractivity contribution in [3.8, 4) is 12.1 Å². The summed E-state index contributed by atoms with van der Waals surface area (Å²) in [5, 5.41) is 20.8. The molecule has 0 bridgehead atoms. The van der Waals surface area contributed by atoms with Crippen LogP contribution in [0.4, 0.5) is 0 Å². The van der Waals surface area contributed by atoms with Crippen LogP contribution in [-0.2, 0) is 6.42 Å². The van der Waals surface area contributed by atoms with Crippen LogP contribution < -0.4 is 0 Å². The van der Waals surface area contributed by atoms with E-state index in [1.165, 1.54) is 10.9 Å². The maximum atomic E-state index is 9.23. The fraction of sp³-hybridized carbons (Fsp3) is 0.222. The van der Waals surface area contributed by atoms with Gasteiger partial charge in [-0.05, 0) is 45.4 Å². The first-order valence-corrected chi connectivity index (χ1v) is 6.64. The lowest BCUT2D eigenvalue weighted by Crippen LogP contribution is -2.10. The van der Waals surface area contributed by atoms with Crippen molar-refractivity contribution in [2.45, 2.75) is 20.3 Å². The summed E-state index contributed by atoms with van der Waals surface area (Å²) in [4.78, 5) is 0. The average molecular weight is 258 g/mol. The van der Waals surface area contributed by atoms with Crippen molar-refractivity contribution in [2.24, 2.45) is 5.41 Å². The summed E-state index contributed by atoms with van der Waals surface area (Å²) in [6.07, 6.45) is 0.870. The zero-order valence-electron chi connectivity index (χ0n) is 11.6. The lowest BCUT2D eigenvalue weighted by molar-refractivity contribution is 0.520. The van der Waals surface area contributed by atoms with E-state index in [2.05, 4.69) is 50.3 Å². The fourth-order valence-corrected chi connectivity index (χ4v) is 3.21. The third-order valence-electron chi connectivity index (χ3n) is 4.02. The standard InChI is InChI=1S/C18H14N2/c1-18(2)9-14-7-12-5-3-4-6-13(12)8-16(14)17(18)15(10-19)11-20/h3-8H,9H2,1-2H3. The number of nitrogens with zero attached hydrogens (tertiary/aromatic N) is 2. The van der Waals surface area contributed by atoms with Gasteiger partial charge in [-0.15, -0.1) is 0 Å². The van der Waals surface area contributed by atoms with Crippen LogP contribution in [0.3, 0.4) is 0 Å². The summed E-state index contributed by atoms with van der Waals surface area (Å²) < 4.78 is 0. The van der Waals surface area contributed by atoms with Crippen molar-refractivity contribution >= 4 is 16.3 Å². The Labute approximate surface area is 118 Å². The summed E-state index contributed by atoms with van der Waals surface area (Å²) in [6, 6.07) is 16.6. The lowest BCUT2D eigenvalue weighted by atomic mass is 9.82. The maximum absolute atomic E-state index is 9.23. The molecule has 0 aromatic heterocycles. The van der Waals surface area contributed by atoms with Gasteiger partial charge in [-0.3, -0.25) is 0 Å². The third kappa shape index (κ3) is 1.70. The van der Waals surface area contributed by atoms with E-state index in [0.717, 1.165) is 22.9 Å². The Hall–Kier alpha value is -2.58. The highest BCUT2D eigenvalue weighted by Crippen LogP contribution is 2.48. The van der Waals surface area contributed by atoms with Crippen LogP contribution in [0.1, 0.15) is 25.0 Å². The SMILES string of the molecule is CC1(C)Cc2cc3ccccc3cc2C1=C(C#N)C#N. The average Bonchev–Trinajstić information content (AvgIpc) is 2.68. The second-order valence-electron chi connectivity index (χ2n) is 5.89. The zero-order chi connectivity index (χ0) is 14.3. The Kier molecular flexibility index (Phi) is 2.63. The van der Waals surface area contributed by atoms with Crippen molar-refractivity contribution in [1.29, 1.82) is 10.5 Å². The van der Waals surface area contributed by atoms with Gasteiger partial charge in [0.25, 0.3) is 0 Å². The number of rotatable bonds is 0. The Morgan fingerprint density at radius 3 is 2.25 bits per heavy atom. The van der Waals surface area contributed by atoms with Gasteiger partial charge in [0.2, 0.25) is 0 Å². The minimum atomic E-state index is -0.166. The summed E-state index contributed by atoms with van der Waals surface area (Å²) in [6.45, 7) is 4.20. The van der Waals surface area contributed by atoms with Gasteiger partial charge >= 0.3 is 0 Å². The number of nitriles is 2. The molecule has 0 N–H and O–H groups in total. The molecule has 96 valence electrons. The fourth-order valence-electron chi connectivity index (χ4n) is 3.21. The molecule has 0 saturated heterocycles. The number of hydrogen-bond donors (Lipinski definition) is 0. The molecule has 0 aliphatic heterocycles. The van der Waals surface area contributed by atoms with Crippen molar-refractivity contribution < 1.29 is 0 Å². The quantitative estimate of drug-likeness (QED) is 0.664. The molecule has 0 amide bonds. The lowest BCUT2D eigenvalue weighted by Gasteiger charge is -2.19. The van der Waals surface area contributed by atoms with Crippen LogP contribution >= 0.6 is 0 Å². The van der Waals surface area contributed by atoms with Crippen LogP contribution in [-0.4, -0.2) is 0 Å². The molecule has 1 aliphatic carbocycles. The number of benzene rings is 2. The molecule has 0 heterocycles. The first-order valence-electron chi connectivity index (χ1n) is 6.64. The van der Waals surface area contributed by atoms with Gasteiger partial charge in [0.15, 0.2) is 0 Å². The van der Waals surface area contributed by atoms with Crippen molar-refractivity contribution in [2.75, 3.05) is 0 Å². The molecule has 0 saturated carbocycles. The summed E-state index contributed by atoms with van der Waals surface area (Å²) >= 11 is 0. The number of fused-ring (bicyclic) bond motifs is 2. The second kappa shape index (κ2) is 4.22. The summed E-state index contributed by atoms with van der Waals surface area (Å²) in [7, 11) is 0. The molecule has 2 aromatic carbocycles. The minimum absolute atomic E-state index is 0.166. The minimum Gasteiger partial charge on any atom is -0.192 e. The number of hydrogen-bond acceptors (Lipinski definition) is 2. The first-order chi connectivity index (χ1) is 9.56. The zero-order valence-corrected chi connectivity index (χ0v) is 11.6. The molecule has 0 unspecified atom stereocenters. The number of allylic oxidation sites excluding steroid dienone is 2. The van der Waals surface area contributed by atoms with Gasteiger partial charge < -0.3 is 0 Å². The molecule has 3 rings (SSSR count). The van der Waals surface area contributed by atoms with Gasteiger partial charge in [0, 0.05) is 0 Å². The molecule has 2 aromatic rings. The predicted molar refractivity (Wildman–Crippen MR) is 79.6 cm³/mol. The third-order valence-corrected chi connectivity index (χ3v) is 4.02. The van der Waals surface area contributed by atoms with Crippen LogP contribution in [0.2, 0.25) is 0 Å². The Morgan fingerprint density at radius 2 is 1.65 bits per heavy atom. The molecule has 0 fully saturated rings. The van der Waals surface area contributed by atoms with E-state index >= 15 is 0 Å². The summed E-state index contributed by atoms with van der Waals surface area (Å²) in [5.74, 6) is 0. The van der Waals surface area contributed by atoms with E-state index in [9.17, 15) is 10.5 Å². The van der Waals surface area contributed by atoms with E-state index in [4.69, 9.17) is 0 Å². The van der Waals surface area contributed by atoms with E-state index in [1.807, 2.05) is 12.1 Å². The second-order valence-corrected chi connectivity index (χ2v) is 5.89.